The topological polar surface area (TPSA) is 64.6 Å². The summed E-state index contributed by atoms with van der Waals surface area (Å²) in [5.41, 5.74) is 0.741. The molecule has 1 amide bonds. The molecule has 2 atom stereocenters. The lowest BCUT2D eigenvalue weighted by molar-refractivity contribution is -0.147. The molecule has 0 radical (unpaired) electrons. The lowest BCUT2D eigenvalue weighted by atomic mass is 10.0. The maximum atomic E-state index is 12.3. The fourth-order valence-electron chi connectivity index (χ4n) is 2.10. The molecule has 1 aromatic rings. The van der Waals surface area contributed by atoms with Gasteiger partial charge in [-0.2, -0.15) is 0 Å². The first-order valence-corrected chi connectivity index (χ1v) is 6.95. The third kappa shape index (κ3) is 5.19. The van der Waals surface area contributed by atoms with Crippen LogP contribution in [0.15, 0.2) is 30.3 Å². The van der Waals surface area contributed by atoms with Gasteiger partial charge in [-0.05, 0) is 17.9 Å². The SMILES string of the molecule is COC(=O)C(CC(C)C)NC(=O)C(OC)c1ccccc1. The summed E-state index contributed by atoms with van der Waals surface area (Å²) in [5.74, 6) is -0.535. The standard InChI is InChI=1S/C16H23NO4/c1-11(2)10-13(16(19)21-4)17-15(18)14(20-3)12-8-6-5-7-9-12/h5-9,11,13-14H,10H2,1-4H3,(H,17,18). The minimum atomic E-state index is -0.745. The van der Waals surface area contributed by atoms with E-state index < -0.39 is 18.1 Å². The number of nitrogens with one attached hydrogen (secondary N) is 1. The smallest absolute Gasteiger partial charge is 0.328 e. The number of ether oxygens (including phenoxy) is 2. The Hall–Kier alpha value is -1.88. The average Bonchev–Trinajstić information content (AvgIpc) is 2.47. The first-order valence-electron chi connectivity index (χ1n) is 6.95. The predicted octanol–water partition coefficient (Wildman–Crippen LogP) is 2.08. The van der Waals surface area contributed by atoms with E-state index in [-0.39, 0.29) is 11.8 Å². The van der Waals surface area contributed by atoms with Gasteiger partial charge in [0.05, 0.1) is 7.11 Å². The molecule has 0 aliphatic carbocycles. The third-order valence-corrected chi connectivity index (χ3v) is 3.09. The molecule has 1 aromatic carbocycles. The summed E-state index contributed by atoms with van der Waals surface area (Å²) in [5, 5.41) is 2.71. The van der Waals surface area contributed by atoms with Crippen molar-refractivity contribution in [2.45, 2.75) is 32.4 Å². The quantitative estimate of drug-likeness (QED) is 0.782. The molecule has 1 N–H and O–H groups in total. The molecule has 0 bridgehead atoms. The molecule has 0 spiro atoms. The van der Waals surface area contributed by atoms with Crippen LogP contribution in [0.2, 0.25) is 0 Å². The van der Waals surface area contributed by atoms with Gasteiger partial charge in [0.25, 0.3) is 5.91 Å². The molecule has 0 aliphatic rings. The van der Waals surface area contributed by atoms with Crippen LogP contribution in [-0.2, 0) is 19.1 Å². The summed E-state index contributed by atoms with van der Waals surface area (Å²) < 4.78 is 9.99. The van der Waals surface area contributed by atoms with E-state index in [9.17, 15) is 9.59 Å². The number of amides is 1. The van der Waals surface area contributed by atoms with Gasteiger partial charge in [0, 0.05) is 7.11 Å². The van der Waals surface area contributed by atoms with E-state index in [1.165, 1.54) is 14.2 Å². The molecule has 5 heteroatoms. The van der Waals surface area contributed by atoms with Crippen LogP contribution in [-0.4, -0.2) is 32.1 Å². The second-order valence-corrected chi connectivity index (χ2v) is 5.24. The molecule has 0 saturated carbocycles. The van der Waals surface area contributed by atoms with E-state index in [0.29, 0.717) is 6.42 Å². The van der Waals surface area contributed by atoms with Crippen LogP contribution >= 0.6 is 0 Å². The Kier molecular flexibility index (Phi) is 6.88. The van der Waals surface area contributed by atoms with Gasteiger partial charge in [-0.3, -0.25) is 4.79 Å². The monoisotopic (exact) mass is 293 g/mol. The molecule has 2 unspecified atom stereocenters. The Balaban J connectivity index is 2.81. The van der Waals surface area contributed by atoms with Crippen molar-refractivity contribution in [3.8, 4) is 0 Å². The average molecular weight is 293 g/mol. The highest BCUT2D eigenvalue weighted by Gasteiger charge is 2.27. The van der Waals surface area contributed by atoms with Gasteiger partial charge in [0.15, 0.2) is 6.10 Å². The van der Waals surface area contributed by atoms with E-state index in [1.807, 2.05) is 44.2 Å². The molecule has 0 aliphatic heterocycles. The molecular weight excluding hydrogens is 270 g/mol. The molecular formula is C16H23NO4. The minimum absolute atomic E-state index is 0.257. The van der Waals surface area contributed by atoms with Crippen LogP contribution < -0.4 is 5.32 Å². The van der Waals surface area contributed by atoms with Crippen LogP contribution in [0, 0.1) is 5.92 Å². The Morgan fingerprint density at radius 1 is 1.14 bits per heavy atom. The van der Waals surface area contributed by atoms with Gasteiger partial charge in [0.1, 0.15) is 6.04 Å². The summed E-state index contributed by atoms with van der Waals surface area (Å²) in [6.45, 7) is 3.96. The van der Waals surface area contributed by atoms with E-state index in [1.54, 1.807) is 0 Å². The van der Waals surface area contributed by atoms with Gasteiger partial charge in [0.2, 0.25) is 0 Å². The zero-order chi connectivity index (χ0) is 15.8. The van der Waals surface area contributed by atoms with Crippen molar-refractivity contribution in [3.05, 3.63) is 35.9 Å². The Morgan fingerprint density at radius 3 is 2.24 bits per heavy atom. The van der Waals surface area contributed by atoms with Gasteiger partial charge < -0.3 is 14.8 Å². The van der Waals surface area contributed by atoms with Crippen LogP contribution in [0.5, 0.6) is 0 Å². The Labute approximate surface area is 125 Å². The molecule has 0 fully saturated rings. The first kappa shape index (κ1) is 17.2. The van der Waals surface area contributed by atoms with Crippen molar-refractivity contribution in [1.29, 1.82) is 0 Å². The molecule has 1 rings (SSSR count). The molecule has 0 heterocycles. The summed E-state index contributed by atoms with van der Waals surface area (Å²) in [6.07, 6.45) is -0.227. The van der Waals surface area contributed by atoms with Crippen molar-refractivity contribution < 1.29 is 19.1 Å². The summed E-state index contributed by atoms with van der Waals surface area (Å²) in [7, 11) is 2.78. The molecule has 21 heavy (non-hydrogen) atoms. The maximum Gasteiger partial charge on any atom is 0.328 e. The van der Waals surface area contributed by atoms with Gasteiger partial charge >= 0.3 is 5.97 Å². The van der Waals surface area contributed by atoms with Gasteiger partial charge in [-0.1, -0.05) is 44.2 Å². The van der Waals surface area contributed by atoms with Gasteiger partial charge in [-0.15, -0.1) is 0 Å². The summed E-state index contributed by atoms with van der Waals surface area (Å²) in [6, 6.07) is 8.49. The Bertz CT molecular complexity index is 459. The molecule has 0 aromatic heterocycles. The fraction of sp³-hybridized carbons (Fsp3) is 0.500. The second-order valence-electron chi connectivity index (χ2n) is 5.24. The minimum Gasteiger partial charge on any atom is -0.467 e. The van der Waals surface area contributed by atoms with E-state index in [2.05, 4.69) is 5.32 Å². The second kappa shape index (κ2) is 8.42. The van der Waals surface area contributed by atoms with Crippen molar-refractivity contribution >= 4 is 11.9 Å². The molecule has 116 valence electrons. The zero-order valence-electron chi connectivity index (χ0n) is 13.0. The van der Waals surface area contributed by atoms with Crippen LogP contribution in [0.1, 0.15) is 31.9 Å². The largest absolute Gasteiger partial charge is 0.467 e. The number of hydrogen-bond donors (Lipinski definition) is 1. The fourth-order valence-corrected chi connectivity index (χ4v) is 2.10. The number of carbonyl (C=O) groups excluding carboxylic acids is 2. The van der Waals surface area contributed by atoms with Crippen molar-refractivity contribution in [1.82, 2.24) is 5.32 Å². The van der Waals surface area contributed by atoms with Crippen molar-refractivity contribution in [2.75, 3.05) is 14.2 Å². The summed E-state index contributed by atoms with van der Waals surface area (Å²) in [4.78, 5) is 24.1. The maximum absolute atomic E-state index is 12.3. The lowest BCUT2D eigenvalue weighted by Gasteiger charge is -2.22. The van der Waals surface area contributed by atoms with Crippen LogP contribution in [0.3, 0.4) is 0 Å². The highest BCUT2D eigenvalue weighted by Crippen LogP contribution is 2.17. The number of benzene rings is 1. The highest BCUT2D eigenvalue weighted by molar-refractivity contribution is 5.87. The van der Waals surface area contributed by atoms with Crippen molar-refractivity contribution in [2.24, 2.45) is 5.92 Å². The number of carbonyl (C=O) groups is 2. The first-order chi connectivity index (χ1) is 9.99. The highest BCUT2D eigenvalue weighted by atomic mass is 16.5. The number of hydrogen-bond acceptors (Lipinski definition) is 4. The summed E-state index contributed by atoms with van der Waals surface area (Å²) >= 11 is 0. The van der Waals surface area contributed by atoms with E-state index in [0.717, 1.165) is 5.56 Å². The van der Waals surface area contributed by atoms with Crippen molar-refractivity contribution in [3.63, 3.8) is 0 Å². The predicted molar refractivity (Wildman–Crippen MR) is 79.6 cm³/mol. The van der Waals surface area contributed by atoms with Crippen LogP contribution in [0.4, 0.5) is 0 Å². The van der Waals surface area contributed by atoms with Crippen LogP contribution in [0.25, 0.3) is 0 Å². The van der Waals surface area contributed by atoms with Gasteiger partial charge in [-0.25, -0.2) is 4.79 Å². The molecule has 0 saturated heterocycles. The number of rotatable bonds is 7. The number of methoxy groups -OCH3 is 2. The third-order valence-electron chi connectivity index (χ3n) is 3.09. The normalized spacial score (nSPS) is 13.6. The Morgan fingerprint density at radius 2 is 1.76 bits per heavy atom. The zero-order valence-corrected chi connectivity index (χ0v) is 13.0. The van der Waals surface area contributed by atoms with E-state index >= 15 is 0 Å². The lowest BCUT2D eigenvalue weighted by Crippen LogP contribution is -2.44. The number of esters is 1. The molecule has 5 nitrogen and oxygen atoms in total. The van der Waals surface area contributed by atoms with E-state index in [4.69, 9.17) is 9.47 Å².